The predicted octanol–water partition coefficient (Wildman–Crippen LogP) is 5.90. The fraction of sp³-hybridized carbons (Fsp3) is 0.174. The first-order valence-corrected chi connectivity index (χ1v) is 9.82. The van der Waals surface area contributed by atoms with Crippen molar-refractivity contribution in [3.05, 3.63) is 95.1 Å². The molecule has 4 aromatic rings. The number of hydrogen-bond acceptors (Lipinski definition) is 4. The normalized spacial score (nSPS) is 11.9. The highest BCUT2D eigenvalue weighted by atomic mass is 19.4. The zero-order chi connectivity index (χ0) is 24.7. The van der Waals surface area contributed by atoms with Crippen LogP contribution in [0.3, 0.4) is 0 Å². The molecule has 4 rings (SSSR count). The zero-order valence-corrected chi connectivity index (χ0v) is 17.8. The average Bonchev–Trinajstić information content (AvgIpc) is 3.30. The summed E-state index contributed by atoms with van der Waals surface area (Å²) in [6, 6.07) is 10.6. The molecule has 0 aromatic carbocycles. The van der Waals surface area contributed by atoms with E-state index in [9.17, 15) is 22.0 Å². The second-order valence-corrected chi connectivity index (χ2v) is 7.83. The van der Waals surface area contributed by atoms with Gasteiger partial charge in [-0.1, -0.05) is 6.07 Å². The third-order valence-electron chi connectivity index (χ3n) is 5.16. The van der Waals surface area contributed by atoms with E-state index in [4.69, 9.17) is 6.57 Å². The minimum absolute atomic E-state index is 0.0816. The Hall–Kier alpha value is -4.20. The Bertz CT molecular complexity index is 1420. The van der Waals surface area contributed by atoms with Crippen molar-refractivity contribution in [1.82, 2.24) is 24.7 Å². The van der Waals surface area contributed by atoms with Gasteiger partial charge in [0.1, 0.15) is 0 Å². The van der Waals surface area contributed by atoms with Gasteiger partial charge in [0.05, 0.1) is 23.5 Å². The first-order valence-electron chi connectivity index (χ1n) is 9.82. The van der Waals surface area contributed by atoms with E-state index in [1.165, 1.54) is 24.3 Å². The van der Waals surface area contributed by atoms with Crippen LogP contribution in [0.5, 0.6) is 0 Å². The summed E-state index contributed by atoms with van der Waals surface area (Å²) < 4.78 is 67.3. The Balaban J connectivity index is 1.79. The smallest absolute Gasteiger partial charge is 0.254 e. The van der Waals surface area contributed by atoms with Crippen molar-refractivity contribution >= 4 is 5.69 Å². The van der Waals surface area contributed by atoms with Crippen LogP contribution in [0.25, 0.3) is 21.9 Å². The van der Waals surface area contributed by atoms with Gasteiger partial charge in [-0.05, 0) is 56.3 Å². The van der Waals surface area contributed by atoms with Gasteiger partial charge in [0.15, 0.2) is 17.2 Å². The topological polar surface area (TPSA) is 60.9 Å². The molecule has 0 saturated carbocycles. The van der Waals surface area contributed by atoms with E-state index < -0.39 is 29.2 Å². The number of aromatic nitrogens is 5. The highest BCUT2D eigenvalue weighted by molar-refractivity contribution is 5.65. The summed E-state index contributed by atoms with van der Waals surface area (Å²) in [5.41, 5.74) is -1.07. The molecule has 172 valence electrons. The Morgan fingerprint density at radius 2 is 1.65 bits per heavy atom. The maximum atomic E-state index is 14.3. The van der Waals surface area contributed by atoms with Crippen molar-refractivity contribution < 1.29 is 22.0 Å². The van der Waals surface area contributed by atoms with Crippen molar-refractivity contribution in [3.63, 3.8) is 0 Å². The molecule has 0 saturated heterocycles. The molecule has 6 nitrogen and oxygen atoms in total. The van der Waals surface area contributed by atoms with E-state index in [1.54, 1.807) is 26.0 Å². The van der Waals surface area contributed by atoms with Crippen LogP contribution in [0, 0.1) is 18.5 Å². The lowest BCUT2D eigenvalue weighted by molar-refractivity contribution is -0.141. The quantitative estimate of drug-likeness (QED) is 0.212. The second-order valence-electron chi connectivity index (χ2n) is 7.83. The van der Waals surface area contributed by atoms with Gasteiger partial charge in [0.2, 0.25) is 11.9 Å². The molecule has 0 spiro atoms. The molecule has 4 heterocycles. The van der Waals surface area contributed by atoms with Gasteiger partial charge in [-0.15, -0.1) is 0 Å². The lowest BCUT2D eigenvalue weighted by atomic mass is 9.84. The summed E-state index contributed by atoms with van der Waals surface area (Å²) >= 11 is 0. The Kier molecular flexibility index (Phi) is 5.61. The summed E-state index contributed by atoms with van der Waals surface area (Å²) in [4.78, 5) is 15.5. The zero-order valence-electron chi connectivity index (χ0n) is 17.8. The molecule has 0 aliphatic carbocycles. The van der Waals surface area contributed by atoms with E-state index in [0.717, 1.165) is 23.0 Å². The van der Waals surface area contributed by atoms with Crippen LogP contribution in [0.4, 0.5) is 27.6 Å². The standard InChI is InChI=1S/C23H15F5N6/c1-22(2,16-5-4-6-20(31-16)34-10-9-17(33-34)23(26,27)28)18-12-13(29-3)11-15(30-18)14-7-8-19(24)32-21(14)25/h4-12H,1-2H3. The van der Waals surface area contributed by atoms with Crippen LogP contribution in [-0.2, 0) is 11.6 Å². The van der Waals surface area contributed by atoms with E-state index in [2.05, 4.69) is 24.9 Å². The summed E-state index contributed by atoms with van der Waals surface area (Å²) in [7, 11) is 0. The third kappa shape index (κ3) is 4.34. The Morgan fingerprint density at radius 1 is 0.882 bits per heavy atom. The van der Waals surface area contributed by atoms with Crippen molar-refractivity contribution in [2.75, 3.05) is 0 Å². The minimum atomic E-state index is -4.59. The molecule has 11 heteroatoms. The Labute approximate surface area is 190 Å². The molecule has 0 amide bonds. The molecule has 4 aromatic heterocycles. The van der Waals surface area contributed by atoms with Gasteiger partial charge in [-0.25, -0.2) is 14.5 Å². The van der Waals surface area contributed by atoms with Gasteiger partial charge < -0.3 is 0 Å². The SMILES string of the molecule is [C-]#[N+]c1cc(-c2ccc(F)nc2F)nc(C(C)(C)c2cccc(-n3ccc(C(F)(F)F)n3)n2)c1. The molecular weight excluding hydrogens is 455 g/mol. The highest BCUT2D eigenvalue weighted by Crippen LogP contribution is 2.35. The minimum Gasteiger partial charge on any atom is -0.254 e. The van der Waals surface area contributed by atoms with Crippen LogP contribution in [0.1, 0.15) is 30.9 Å². The van der Waals surface area contributed by atoms with E-state index >= 15 is 0 Å². The maximum Gasteiger partial charge on any atom is 0.435 e. The van der Waals surface area contributed by atoms with E-state index in [0.29, 0.717) is 11.4 Å². The maximum absolute atomic E-state index is 14.3. The van der Waals surface area contributed by atoms with Gasteiger partial charge in [-0.3, -0.25) is 4.98 Å². The fourth-order valence-corrected chi connectivity index (χ4v) is 3.27. The number of halogens is 5. The summed E-state index contributed by atoms with van der Waals surface area (Å²) in [5.74, 6) is -1.91. The fourth-order valence-electron chi connectivity index (χ4n) is 3.27. The van der Waals surface area contributed by atoms with Crippen molar-refractivity contribution in [2.45, 2.75) is 25.4 Å². The molecule has 0 bridgehead atoms. The molecular formula is C23H15F5N6. The summed E-state index contributed by atoms with van der Waals surface area (Å²) in [5, 5.41) is 3.54. The van der Waals surface area contributed by atoms with Gasteiger partial charge in [0.25, 0.3) is 0 Å². The van der Waals surface area contributed by atoms with Gasteiger partial charge >= 0.3 is 6.18 Å². The lowest BCUT2D eigenvalue weighted by Crippen LogP contribution is -2.23. The Morgan fingerprint density at radius 3 is 2.29 bits per heavy atom. The first kappa shape index (κ1) is 23.0. The molecule has 0 atom stereocenters. The largest absolute Gasteiger partial charge is 0.435 e. The van der Waals surface area contributed by atoms with Gasteiger partial charge in [-0.2, -0.15) is 32.0 Å². The predicted molar refractivity (Wildman–Crippen MR) is 112 cm³/mol. The number of hydrogen-bond donors (Lipinski definition) is 0. The molecule has 0 unspecified atom stereocenters. The van der Waals surface area contributed by atoms with E-state index in [-0.39, 0.29) is 22.8 Å². The van der Waals surface area contributed by atoms with E-state index in [1.807, 2.05) is 0 Å². The number of alkyl halides is 3. The van der Waals surface area contributed by atoms with Crippen LogP contribution < -0.4 is 0 Å². The van der Waals surface area contributed by atoms with Crippen LogP contribution >= 0.6 is 0 Å². The molecule has 0 N–H and O–H groups in total. The highest BCUT2D eigenvalue weighted by Gasteiger charge is 2.34. The number of nitrogens with zero attached hydrogens (tertiary/aromatic N) is 6. The van der Waals surface area contributed by atoms with Crippen LogP contribution in [-0.4, -0.2) is 24.7 Å². The van der Waals surface area contributed by atoms with Crippen molar-refractivity contribution in [1.29, 1.82) is 0 Å². The third-order valence-corrected chi connectivity index (χ3v) is 5.16. The molecule has 0 aliphatic rings. The van der Waals surface area contributed by atoms with Crippen molar-refractivity contribution in [3.8, 4) is 17.1 Å². The lowest BCUT2D eigenvalue weighted by Gasteiger charge is -2.25. The van der Waals surface area contributed by atoms with Crippen LogP contribution in [0.15, 0.2) is 54.7 Å². The monoisotopic (exact) mass is 470 g/mol. The molecule has 0 aliphatic heterocycles. The first-order chi connectivity index (χ1) is 16.0. The van der Waals surface area contributed by atoms with Crippen molar-refractivity contribution in [2.24, 2.45) is 0 Å². The molecule has 0 fully saturated rings. The summed E-state index contributed by atoms with van der Waals surface area (Å²) in [6.45, 7) is 10.9. The number of pyridine rings is 3. The number of rotatable bonds is 4. The molecule has 34 heavy (non-hydrogen) atoms. The molecule has 0 radical (unpaired) electrons. The van der Waals surface area contributed by atoms with Crippen LogP contribution in [0.2, 0.25) is 0 Å². The van der Waals surface area contributed by atoms with Gasteiger partial charge in [0, 0.05) is 17.3 Å². The summed E-state index contributed by atoms with van der Waals surface area (Å²) in [6.07, 6.45) is -3.44. The average molecular weight is 470 g/mol. The second kappa shape index (κ2) is 8.30.